The highest BCUT2D eigenvalue weighted by atomic mass is 16.6. The van der Waals surface area contributed by atoms with Gasteiger partial charge < -0.3 is 19.9 Å². The summed E-state index contributed by atoms with van der Waals surface area (Å²) >= 11 is 0. The molecule has 2 atom stereocenters. The monoisotopic (exact) mass is 339 g/mol. The minimum atomic E-state index is 0.0781. The number of rotatable bonds is 6. The van der Waals surface area contributed by atoms with E-state index in [2.05, 4.69) is 36.5 Å². The Morgan fingerprint density at radius 3 is 2.60 bits per heavy atom. The number of hydrogen-bond acceptors (Lipinski definition) is 4. The van der Waals surface area contributed by atoms with Gasteiger partial charge in [-0.25, -0.2) is 0 Å². The predicted octanol–water partition coefficient (Wildman–Crippen LogP) is 3.75. The van der Waals surface area contributed by atoms with Gasteiger partial charge in [-0.05, 0) is 54.5 Å². The Morgan fingerprint density at radius 1 is 1.04 bits per heavy atom. The zero-order valence-corrected chi connectivity index (χ0v) is 14.6. The third-order valence-electron chi connectivity index (χ3n) is 5.08. The maximum absolute atomic E-state index is 9.37. The molecule has 1 heterocycles. The molecule has 2 N–H and O–H groups in total. The molecule has 4 heteroatoms. The molecule has 4 nitrogen and oxygen atoms in total. The molecule has 25 heavy (non-hydrogen) atoms. The van der Waals surface area contributed by atoms with Gasteiger partial charge in [-0.2, -0.15) is 0 Å². The van der Waals surface area contributed by atoms with Crippen LogP contribution in [0.4, 0.5) is 0 Å². The Hall–Kier alpha value is -2.04. The van der Waals surface area contributed by atoms with E-state index in [0.717, 1.165) is 17.1 Å². The van der Waals surface area contributed by atoms with E-state index < -0.39 is 0 Å². The molecule has 0 bridgehead atoms. The fraction of sp³-hybridized carbons (Fsp3) is 0.429. The molecule has 0 spiro atoms. The van der Waals surface area contributed by atoms with Crippen molar-refractivity contribution in [3.8, 4) is 11.5 Å². The molecule has 1 aliphatic carbocycles. The number of ether oxygens (including phenoxy) is 2. The Morgan fingerprint density at radius 2 is 1.84 bits per heavy atom. The molecule has 2 aromatic rings. The predicted molar refractivity (Wildman–Crippen MR) is 96.8 cm³/mol. The summed E-state index contributed by atoms with van der Waals surface area (Å²) in [6.07, 6.45) is 2.52. The van der Waals surface area contributed by atoms with Crippen LogP contribution in [0.2, 0.25) is 0 Å². The maximum atomic E-state index is 9.37. The van der Waals surface area contributed by atoms with Crippen LogP contribution in [0.5, 0.6) is 11.5 Å². The second-order valence-electron chi connectivity index (χ2n) is 7.01. The fourth-order valence-corrected chi connectivity index (χ4v) is 3.51. The molecule has 2 unspecified atom stereocenters. The van der Waals surface area contributed by atoms with Crippen molar-refractivity contribution in [2.75, 3.05) is 13.2 Å². The lowest BCUT2D eigenvalue weighted by molar-refractivity contribution is 0.171. The minimum absolute atomic E-state index is 0.0781. The van der Waals surface area contributed by atoms with Crippen LogP contribution in [0.3, 0.4) is 0 Å². The van der Waals surface area contributed by atoms with E-state index in [-0.39, 0.29) is 12.6 Å². The van der Waals surface area contributed by atoms with Crippen LogP contribution in [0.15, 0.2) is 42.5 Å². The van der Waals surface area contributed by atoms with Gasteiger partial charge in [-0.1, -0.05) is 30.3 Å². The van der Waals surface area contributed by atoms with E-state index in [1.165, 1.54) is 24.0 Å². The largest absolute Gasteiger partial charge is 0.486 e. The fourth-order valence-electron chi connectivity index (χ4n) is 3.51. The summed E-state index contributed by atoms with van der Waals surface area (Å²) in [5, 5.41) is 13.2. The summed E-state index contributed by atoms with van der Waals surface area (Å²) in [4.78, 5) is 0. The number of nitrogens with one attached hydrogen (secondary N) is 1. The van der Waals surface area contributed by atoms with Crippen LogP contribution in [0.25, 0.3) is 0 Å². The van der Waals surface area contributed by atoms with Crippen molar-refractivity contribution in [2.45, 2.75) is 38.5 Å². The van der Waals surface area contributed by atoms with Crippen molar-refractivity contribution < 1.29 is 14.6 Å². The van der Waals surface area contributed by atoms with Crippen molar-refractivity contribution in [1.29, 1.82) is 0 Å². The van der Waals surface area contributed by atoms with Crippen LogP contribution in [-0.2, 0) is 6.61 Å². The molecule has 4 rings (SSSR count). The van der Waals surface area contributed by atoms with Crippen molar-refractivity contribution in [3.63, 3.8) is 0 Å². The van der Waals surface area contributed by atoms with Gasteiger partial charge >= 0.3 is 0 Å². The van der Waals surface area contributed by atoms with Crippen LogP contribution in [-0.4, -0.2) is 18.3 Å². The topological polar surface area (TPSA) is 50.7 Å². The summed E-state index contributed by atoms with van der Waals surface area (Å²) in [7, 11) is 0. The highest BCUT2D eigenvalue weighted by Crippen LogP contribution is 2.44. The summed E-state index contributed by atoms with van der Waals surface area (Å²) < 4.78 is 11.4. The van der Waals surface area contributed by atoms with E-state index >= 15 is 0 Å². The van der Waals surface area contributed by atoms with Crippen molar-refractivity contribution in [3.05, 3.63) is 59.2 Å². The van der Waals surface area contributed by atoms with Gasteiger partial charge in [-0.15, -0.1) is 0 Å². The number of fused-ring (bicyclic) bond motifs is 1. The second kappa shape index (κ2) is 7.06. The summed E-state index contributed by atoms with van der Waals surface area (Å²) in [5.41, 5.74) is 3.42. The Bertz CT molecular complexity index is 742. The van der Waals surface area contributed by atoms with Gasteiger partial charge in [0.1, 0.15) is 13.2 Å². The van der Waals surface area contributed by atoms with Crippen molar-refractivity contribution in [1.82, 2.24) is 5.32 Å². The van der Waals surface area contributed by atoms with E-state index in [4.69, 9.17) is 9.47 Å². The maximum Gasteiger partial charge on any atom is 0.161 e. The zero-order chi connectivity index (χ0) is 17.2. The highest BCUT2D eigenvalue weighted by molar-refractivity contribution is 5.45. The quantitative estimate of drug-likeness (QED) is 0.841. The molecule has 1 saturated carbocycles. The third-order valence-corrected chi connectivity index (χ3v) is 5.08. The summed E-state index contributed by atoms with van der Waals surface area (Å²) in [5.74, 6) is 2.37. The molecule has 0 aromatic heterocycles. The van der Waals surface area contributed by atoms with Gasteiger partial charge in [0.05, 0.1) is 6.61 Å². The SMILES string of the molecule is CC(NC(c1ccc2c(c1)OCCO2)C1CC1)c1cccc(CO)c1. The third kappa shape index (κ3) is 3.65. The van der Waals surface area contributed by atoms with Gasteiger partial charge in [0.2, 0.25) is 0 Å². The first-order chi connectivity index (χ1) is 12.2. The number of benzene rings is 2. The Kier molecular flexibility index (Phi) is 4.64. The summed E-state index contributed by atoms with van der Waals surface area (Å²) in [6, 6.07) is 15.0. The zero-order valence-electron chi connectivity index (χ0n) is 14.6. The standard InChI is InChI=1S/C21H25NO3/c1-14(17-4-2-3-15(11-17)13-23)22-21(16-5-6-16)18-7-8-19-20(12-18)25-10-9-24-19/h2-4,7-8,11-12,14,16,21-23H,5-6,9-10,13H2,1H3. The molecule has 0 radical (unpaired) electrons. The lowest BCUT2D eigenvalue weighted by Gasteiger charge is -2.26. The molecular weight excluding hydrogens is 314 g/mol. The molecule has 1 fully saturated rings. The van der Waals surface area contributed by atoms with Gasteiger partial charge in [-0.3, -0.25) is 0 Å². The number of aliphatic hydroxyl groups is 1. The van der Waals surface area contributed by atoms with E-state index in [9.17, 15) is 5.11 Å². The van der Waals surface area contributed by atoms with E-state index in [1.54, 1.807) is 0 Å². The van der Waals surface area contributed by atoms with Gasteiger partial charge in [0.15, 0.2) is 11.5 Å². The Labute approximate surface area is 148 Å². The van der Waals surface area contributed by atoms with Crippen LogP contribution < -0.4 is 14.8 Å². The average Bonchev–Trinajstić information content (AvgIpc) is 3.50. The summed E-state index contributed by atoms with van der Waals surface area (Å²) in [6.45, 7) is 3.50. The first-order valence-electron chi connectivity index (χ1n) is 9.10. The molecular formula is C21H25NO3. The number of hydrogen-bond donors (Lipinski definition) is 2. The molecule has 132 valence electrons. The minimum Gasteiger partial charge on any atom is -0.486 e. The van der Waals surface area contributed by atoms with Crippen LogP contribution >= 0.6 is 0 Å². The highest BCUT2D eigenvalue weighted by Gasteiger charge is 2.33. The van der Waals surface area contributed by atoms with Crippen LogP contribution in [0, 0.1) is 5.92 Å². The lowest BCUT2D eigenvalue weighted by atomic mass is 9.98. The van der Waals surface area contributed by atoms with Gasteiger partial charge in [0, 0.05) is 12.1 Å². The molecule has 2 aromatic carbocycles. The second-order valence-corrected chi connectivity index (χ2v) is 7.01. The normalized spacial score (nSPS) is 18.6. The first-order valence-corrected chi connectivity index (χ1v) is 9.10. The number of aliphatic hydroxyl groups excluding tert-OH is 1. The van der Waals surface area contributed by atoms with Crippen molar-refractivity contribution >= 4 is 0 Å². The van der Waals surface area contributed by atoms with E-state index in [0.29, 0.717) is 25.2 Å². The smallest absolute Gasteiger partial charge is 0.161 e. The first kappa shape index (κ1) is 16.4. The van der Waals surface area contributed by atoms with Crippen LogP contribution in [0.1, 0.15) is 48.5 Å². The molecule has 0 saturated heterocycles. The lowest BCUT2D eigenvalue weighted by Crippen LogP contribution is -2.26. The molecule has 2 aliphatic rings. The average molecular weight is 339 g/mol. The van der Waals surface area contributed by atoms with Crippen molar-refractivity contribution in [2.24, 2.45) is 5.92 Å². The molecule has 1 aliphatic heterocycles. The van der Waals surface area contributed by atoms with Gasteiger partial charge in [0.25, 0.3) is 0 Å². The molecule has 0 amide bonds. The Balaban J connectivity index is 1.55. The van der Waals surface area contributed by atoms with E-state index in [1.807, 2.05) is 18.2 Å².